The van der Waals surface area contributed by atoms with E-state index >= 15 is 0 Å². The van der Waals surface area contributed by atoms with Gasteiger partial charge in [-0.15, -0.1) is 0 Å². The number of hydrogen-bond donors (Lipinski definition) is 0. The Kier molecular flexibility index (Phi) is 6.83. The number of aryl methyl sites for hydroxylation is 1. The van der Waals surface area contributed by atoms with Crippen LogP contribution in [0.5, 0.6) is 0 Å². The lowest BCUT2D eigenvalue weighted by molar-refractivity contribution is -0.135. The van der Waals surface area contributed by atoms with E-state index in [0.717, 1.165) is 35.5 Å². The van der Waals surface area contributed by atoms with Gasteiger partial charge in [0.2, 0.25) is 11.8 Å². The van der Waals surface area contributed by atoms with Crippen LogP contribution in [0.25, 0.3) is 11.0 Å². The molecule has 184 valence electrons. The molecule has 0 N–H and O–H groups in total. The Balaban J connectivity index is 1.09. The highest BCUT2D eigenvalue weighted by molar-refractivity contribution is 6.31. The zero-order valence-electron chi connectivity index (χ0n) is 19.8. The van der Waals surface area contributed by atoms with E-state index in [-0.39, 0.29) is 11.8 Å². The zero-order valence-corrected chi connectivity index (χ0v) is 20.6. The lowest BCUT2D eigenvalue weighted by atomic mass is 10.1. The van der Waals surface area contributed by atoms with Crippen LogP contribution < -0.4 is 4.90 Å². The van der Waals surface area contributed by atoms with Gasteiger partial charge in [0.05, 0.1) is 24.5 Å². The summed E-state index contributed by atoms with van der Waals surface area (Å²) in [5.74, 6) is 1.08. The third-order valence-electron chi connectivity index (χ3n) is 6.82. The summed E-state index contributed by atoms with van der Waals surface area (Å²) in [7, 11) is 1.87. The second-order valence-electron chi connectivity index (χ2n) is 9.00. The quantitative estimate of drug-likeness (QED) is 0.521. The van der Waals surface area contributed by atoms with Gasteiger partial charge in [-0.1, -0.05) is 29.8 Å². The first-order valence-electron chi connectivity index (χ1n) is 11.9. The van der Waals surface area contributed by atoms with Crippen LogP contribution in [-0.2, 0) is 23.1 Å². The molecule has 2 saturated heterocycles. The molecule has 0 bridgehead atoms. The molecule has 2 aromatic heterocycles. The maximum atomic E-state index is 13.0. The smallest absolute Gasteiger partial charge is 0.236 e. The Labute approximate surface area is 209 Å². The summed E-state index contributed by atoms with van der Waals surface area (Å²) in [4.78, 5) is 42.5. The topological polar surface area (TPSA) is 90.7 Å². The Morgan fingerprint density at radius 3 is 2.34 bits per heavy atom. The number of rotatable bonds is 5. The minimum absolute atomic E-state index is 0.0765. The average molecular weight is 497 g/mol. The SMILES string of the molecule is Cn1ncc2c(N3CCN(C(=O)CN4CCN(C(=O)Cc5ccccc5Cl)CC4)CC3)ncnc21. The normalized spacial score (nSPS) is 17.3. The fourth-order valence-electron chi connectivity index (χ4n) is 4.73. The van der Waals surface area contributed by atoms with Gasteiger partial charge in [0, 0.05) is 64.4 Å². The van der Waals surface area contributed by atoms with Gasteiger partial charge in [0.15, 0.2) is 5.65 Å². The number of anilines is 1. The standard InChI is InChI=1S/C24H29ClN8O2/c1-29-23-19(15-28-29)24(27-17-26-23)33-12-10-32(11-13-33)22(35)16-30-6-8-31(9-7-30)21(34)14-18-4-2-3-5-20(18)25/h2-5,15,17H,6-14,16H2,1H3. The van der Waals surface area contributed by atoms with Crippen LogP contribution in [0.4, 0.5) is 5.82 Å². The van der Waals surface area contributed by atoms with Crippen molar-refractivity contribution in [2.75, 3.05) is 63.8 Å². The van der Waals surface area contributed by atoms with Crippen molar-refractivity contribution in [2.45, 2.75) is 6.42 Å². The molecule has 4 heterocycles. The summed E-state index contributed by atoms with van der Waals surface area (Å²) >= 11 is 6.20. The molecule has 10 nitrogen and oxygen atoms in total. The highest BCUT2D eigenvalue weighted by atomic mass is 35.5. The number of hydrogen-bond acceptors (Lipinski definition) is 7. The molecule has 0 spiro atoms. The second-order valence-corrected chi connectivity index (χ2v) is 9.40. The number of carbonyl (C=O) groups excluding carboxylic acids is 2. The van der Waals surface area contributed by atoms with Crippen molar-refractivity contribution in [3.8, 4) is 0 Å². The van der Waals surface area contributed by atoms with Gasteiger partial charge in [0.25, 0.3) is 0 Å². The van der Waals surface area contributed by atoms with E-state index in [1.54, 1.807) is 23.3 Å². The van der Waals surface area contributed by atoms with Crippen LogP contribution in [0, 0.1) is 0 Å². The molecule has 11 heteroatoms. The molecule has 0 radical (unpaired) electrons. The van der Waals surface area contributed by atoms with Crippen LogP contribution in [0.2, 0.25) is 5.02 Å². The van der Waals surface area contributed by atoms with Crippen molar-refractivity contribution in [3.63, 3.8) is 0 Å². The molecule has 1 aromatic carbocycles. The van der Waals surface area contributed by atoms with E-state index in [9.17, 15) is 9.59 Å². The van der Waals surface area contributed by atoms with Crippen molar-refractivity contribution >= 4 is 40.3 Å². The predicted octanol–water partition coefficient (Wildman–Crippen LogP) is 1.05. The summed E-state index contributed by atoms with van der Waals surface area (Å²) in [5.41, 5.74) is 1.65. The van der Waals surface area contributed by atoms with Gasteiger partial charge in [-0.3, -0.25) is 19.2 Å². The number of fused-ring (bicyclic) bond motifs is 1. The van der Waals surface area contributed by atoms with Crippen molar-refractivity contribution in [1.82, 2.24) is 34.4 Å². The van der Waals surface area contributed by atoms with Crippen LogP contribution in [0.15, 0.2) is 36.8 Å². The monoisotopic (exact) mass is 496 g/mol. The molecule has 2 aliphatic rings. The van der Waals surface area contributed by atoms with Crippen LogP contribution >= 0.6 is 11.6 Å². The molecular formula is C24H29ClN8O2. The molecule has 35 heavy (non-hydrogen) atoms. The van der Waals surface area contributed by atoms with Crippen LogP contribution in [-0.4, -0.2) is 105 Å². The van der Waals surface area contributed by atoms with Gasteiger partial charge in [0.1, 0.15) is 12.1 Å². The highest BCUT2D eigenvalue weighted by Crippen LogP contribution is 2.23. The molecule has 2 aliphatic heterocycles. The zero-order chi connectivity index (χ0) is 24.4. The summed E-state index contributed by atoms with van der Waals surface area (Å²) in [6.45, 7) is 5.76. The minimum atomic E-state index is 0.0765. The Morgan fingerprint density at radius 2 is 1.60 bits per heavy atom. The van der Waals surface area contributed by atoms with Crippen molar-refractivity contribution in [2.24, 2.45) is 7.05 Å². The second kappa shape index (κ2) is 10.2. The summed E-state index contributed by atoms with van der Waals surface area (Å²) in [6, 6.07) is 7.45. The van der Waals surface area contributed by atoms with Gasteiger partial charge < -0.3 is 14.7 Å². The number of nitrogens with zero attached hydrogens (tertiary/aromatic N) is 8. The number of piperazine rings is 2. The molecule has 0 saturated carbocycles. The predicted molar refractivity (Wildman–Crippen MR) is 133 cm³/mol. The van der Waals surface area contributed by atoms with E-state index in [1.165, 1.54) is 0 Å². The summed E-state index contributed by atoms with van der Waals surface area (Å²) < 4.78 is 1.74. The average Bonchev–Trinajstić information content (AvgIpc) is 3.27. The van der Waals surface area contributed by atoms with Crippen LogP contribution in [0.1, 0.15) is 5.56 Å². The minimum Gasteiger partial charge on any atom is -0.352 e. The number of halogens is 1. The Hall–Kier alpha value is -3.24. The fourth-order valence-corrected chi connectivity index (χ4v) is 4.94. The first kappa shape index (κ1) is 23.5. The van der Waals surface area contributed by atoms with Crippen molar-refractivity contribution < 1.29 is 9.59 Å². The maximum absolute atomic E-state index is 13.0. The first-order chi connectivity index (χ1) is 17.0. The molecule has 3 aromatic rings. The maximum Gasteiger partial charge on any atom is 0.236 e. The molecule has 5 rings (SSSR count). The van der Waals surface area contributed by atoms with E-state index in [1.807, 2.05) is 35.0 Å². The fraction of sp³-hybridized carbons (Fsp3) is 0.458. The van der Waals surface area contributed by atoms with E-state index in [4.69, 9.17) is 11.6 Å². The summed E-state index contributed by atoms with van der Waals surface area (Å²) in [5, 5.41) is 5.83. The van der Waals surface area contributed by atoms with E-state index in [2.05, 4.69) is 24.9 Å². The molecule has 0 aliphatic carbocycles. The first-order valence-corrected chi connectivity index (χ1v) is 12.3. The lowest BCUT2D eigenvalue weighted by Gasteiger charge is -2.38. The number of carbonyl (C=O) groups is 2. The highest BCUT2D eigenvalue weighted by Gasteiger charge is 2.27. The number of aromatic nitrogens is 4. The van der Waals surface area contributed by atoms with Crippen molar-refractivity contribution in [1.29, 1.82) is 0 Å². The third kappa shape index (κ3) is 5.08. The number of amides is 2. The lowest BCUT2D eigenvalue weighted by Crippen LogP contribution is -2.54. The van der Waals surface area contributed by atoms with E-state index in [0.29, 0.717) is 57.3 Å². The molecule has 0 unspecified atom stereocenters. The number of benzene rings is 1. The van der Waals surface area contributed by atoms with Crippen LogP contribution in [0.3, 0.4) is 0 Å². The molecule has 2 fully saturated rings. The van der Waals surface area contributed by atoms with Crippen molar-refractivity contribution in [3.05, 3.63) is 47.4 Å². The third-order valence-corrected chi connectivity index (χ3v) is 7.19. The Bertz CT molecular complexity index is 1220. The van der Waals surface area contributed by atoms with Gasteiger partial charge >= 0.3 is 0 Å². The Morgan fingerprint density at radius 1 is 0.914 bits per heavy atom. The van der Waals surface area contributed by atoms with E-state index < -0.39 is 0 Å². The summed E-state index contributed by atoms with van der Waals surface area (Å²) in [6.07, 6.45) is 3.66. The van der Waals surface area contributed by atoms with Gasteiger partial charge in [-0.05, 0) is 11.6 Å². The molecule has 2 amide bonds. The van der Waals surface area contributed by atoms with Gasteiger partial charge in [-0.25, -0.2) is 9.97 Å². The largest absolute Gasteiger partial charge is 0.352 e. The molecular weight excluding hydrogens is 468 g/mol. The van der Waals surface area contributed by atoms with Gasteiger partial charge in [-0.2, -0.15) is 5.10 Å². The molecule has 0 atom stereocenters.